The molecule has 0 spiro atoms. The van der Waals surface area contributed by atoms with E-state index in [1.165, 1.54) is 13.2 Å². The summed E-state index contributed by atoms with van der Waals surface area (Å²) in [6.07, 6.45) is 3.21. The molecule has 0 unspecified atom stereocenters. The Labute approximate surface area is 175 Å². The van der Waals surface area contributed by atoms with Crippen LogP contribution in [-0.4, -0.2) is 42.7 Å². The van der Waals surface area contributed by atoms with Crippen LogP contribution in [0, 0.1) is 11.7 Å². The highest BCUT2D eigenvalue weighted by Gasteiger charge is 2.34. The van der Waals surface area contributed by atoms with Crippen LogP contribution in [-0.2, 0) is 0 Å². The third-order valence-electron chi connectivity index (χ3n) is 6.16. The minimum absolute atomic E-state index is 0.0695. The lowest BCUT2D eigenvalue weighted by atomic mass is 10.1. The van der Waals surface area contributed by atoms with Crippen molar-refractivity contribution in [3.8, 4) is 11.5 Å². The number of nitrogens with two attached hydrogens (primary N) is 1. The Morgan fingerprint density at radius 3 is 2.77 bits per heavy atom. The number of aromatic hydroxyl groups is 1. The molecule has 2 aromatic heterocycles. The number of ether oxygens (including phenoxy) is 1. The number of pyridine rings is 1. The van der Waals surface area contributed by atoms with E-state index in [0.717, 1.165) is 30.6 Å². The Kier molecular flexibility index (Phi) is 4.48. The van der Waals surface area contributed by atoms with Crippen LogP contribution >= 0.6 is 11.3 Å². The van der Waals surface area contributed by atoms with Gasteiger partial charge in [0.15, 0.2) is 17.9 Å². The van der Waals surface area contributed by atoms with Crippen LogP contribution < -0.4 is 20.8 Å². The standard InChI is InChI=1S/C21H22FN3O4S/c1-29-20-16-12(6-13(22)17(20)24-5-4-10(7-23)8-24)18(27)15-19(28)14(9-26)30-21(15)25(16)11-2-3-11/h6,9-11,28H,2-5,7-8,23H2,1H3/t10-/m0/s1. The van der Waals surface area contributed by atoms with Crippen LogP contribution in [0.2, 0.25) is 0 Å². The summed E-state index contributed by atoms with van der Waals surface area (Å²) in [5.41, 5.74) is 6.17. The lowest BCUT2D eigenvalue weighted by molar-refractivity contribution is 0.112. The van der Waals surface area contributed by atoms with E-state index < -0.39 is 11.2 Å². The van der Waals surface area contributed by atoms with Gasteiger partial charge in [0.2, 0.25) is 5.43 Å². The van der Waals surface area contributed by atoms with Gasteiger partial charge in [-0.3, -0.25) is 9.59 Å². The van der Waals surface area contributed by atoms with E-state index in [1.54, 1.807) is 0 Å². The summed E-state index contributed by atoms with van der Waals surface area (Å²) >= 11 is 1.08. The van der Waals surface area contributed by atoms with Crippen molar-refractivity contribution in [1.82, 2.24) is 4.57 Å². The van der Waals surface area contributed by atoms with Crippen LogP contribution in [0.4, 0.5) is 10.1 Å². The van der Waals surface area contributed by atoms with Crippen LogP contribution in [0.3, 0.4) is 0 Å². The van der Waals surface area contributed by atoms with E-state index in [2.05, 4.69) is 0 Å². The van der Waals surface area contributed by atoms with Gasteiger partial charge in [-0.15, -0.1) is 11.3 Å². The summed E-state index contributed by atoms with van der Waals surface area (Å²) in [4.78, 5) is 27.2. The Morgan fingerprint density at radius 2 is 2.17 bits per heavy atom. The molecule has 3 aromatic rings. The Morgan fingerprint density at radius 1 is 1.40 bits per heavy atom. The molecule has 5 rings (SSSR count). The minimum Gasteiger partial charge on any atom is -0.505 e. The lowest BCUT2D eigenvalue weighted by Crippen LogP contribution is -2.24. The first-order valence-corrected chi connectivity index (χ1v) is 10.8. The summed E-state index contributed by atoms with van der Waals surface area (Å²) < 4.78 is 23.0. The zero-order valence-corrected chi connectivity index (χ0v) is 17.3. The molecule has 1 aliphatic carbocycles. The molecule has 1 aromatic carbocycles. The predicted molar refractivity (Wildman–Crippen MR) is 115 cm³/mol. The number of hydrogen-bond acceptors (Lipinski definition) is 7. The number of fused-ring (bicyclic) bond motifs is 2. The first-order chi connectivity index (χ1) is 14.5. The van der Waals surface area contributed by atoms with Gasteiger partial charge in [0.05, 0.1) is 18.0 Å². The Hall–Kier alpha value is -2.65. The second kappa shape index (κ2) is 6.95. The summed E-state index contributed by atoms with van der Waals surface area (Å²) in [5.74, 6) is -0.280. The van der Waals surface area contributed by atoms with E-state index in [0.29, 0.717) is 47.7 Å². The average Bonchev–Trinajstić information content (AvgIpc) is 3.37. The number of methoxy groups -OCH3 is 1. The molecule has 2 fully saturated rings. The fraction of sp³-hybridized carbons (Fsp3) is 0.429. The number of carbonyl (C=O) groups is 1. The molecular weight excluding hydrogens is 409 g/mol. The van der Waals surface area contributed by atoms with Gasteiger partial charge in [0, 0.05) is 19.1 Å². The van der Waals surface area contributed by atoms with Gasteiger partial charge >= 0.3 is 0 Å². The SMILES string of the molecule is COc1c(N2CC[C@@H](CN)C2)c(F)cc2c(=O)c3c(O)c(C=O)sc3n(C3CC3)c12. The molecule has 1 atom stereocenters. The topological polar surface area (TPSA) is 97.8 Å². The predicted octanol–water partition coefficient (Wildman–Crippen LogP) is 3.00. The number of halogens is 1. The molecule has 0 bridgehead atoms. The number of rotatable bonds is 5. The van der Waals surface area contributed by atoms with Crippen molar-refractivity contribution in [3.05, 3.63) is 27.0 Å². The summed E-state index contributed by atoms with van der Waals surface area (Å²) in [7, 11) is 1.48. The minimum atomic E-state index is -0.541. The third-order valence-corrected chi connectivity index (χ3v) is 7.27. The highest BCUT2D eigenvalue weighted by Crippen LogP contribution is 2.48. The van der Waals surface area contributed by atoms with Gasteiger partial charge in [0.25, 0.3) is 0 Å². The molecule has 3 N–H and O–H groups in total. The molecule has 7 nitrogen and oxygen atoms in total. The smallest absolute Gasteiger partial charge is 0.202 e. The summed E-state index contributed by atoms with van der Waals surface area (Å²) in [6.45, 7) is 1.82. The van der Waals surface area contributed by atoms with Crippen molar-refractivity contribution < 1.29 is 19.0 Å². The zero-order chi connectivity index (χ0) is 21.2. The quantitative estimate of drug-likeness (QED) is 0.603. The largest absolute Gasteiger partial charge is 0.505 e. The van der Waals surface area contributed by atoms with E-state index in [4.69, 9.17) is 10.5 Å². The van der Waals surface area contributed by atoms with Crippen LogP contribution in [0.1, 0.15) is 35.0 Å². The molecular formula is C21H22FN3O4S. The second-order valence-corrected chi connectivity index (χ2v) is 9.05. The van der Waals surface area contributed by atoms with Crippen LogP contribution in [0.25, 0.3) is 21.1 Å². The number of aldehydes is 1. The fourth-order valence-electron chi connectivity index (χ4n) is 4.53. The van der Waals surface area contributed by atoms with Crippen molar-refractivity contribution in [2.75, 3.05) is 31.6 Å². The molecule has 1 saturated carbocycles. The van der Waals surface area contributed by atoms with Gasteiger partial charge in [-0.05, 0) is 37.8 Å². The molecule has 0 amide bonds. The molecule has 30 heavy (non-hydrogen) atoms. The van der Waals surface area contributed by atoms with E-state index in [1.807, 2.05) is 9.47 Å². The number of nitrogens with zero attached hydrogens (tertiary/aromatic N) is 2. The maximum atomic E-state index is 15.3. The average molecular weight is 431 g/mol. The molecule has 2 aliphatic rings. The van der Waals surface area contributed by atoms with E-state index in [9.17, 15) is 14.7 Å². The number of carbonyl (C=O) groups excluding carboxylic acids is 1. The number of anilines is 1. The van der Waals surface area contributed by atoms with E-state index in [-0.39, 0.29) is 33.4 Å². The Balaban J connectivity index is 1.90. The van der Waals surface area contributed by atoms with Crippen molar-refractivity contribution in [1.29, 1.82) is 0 Å². The summed E-state index contributed by atoms with van der Waals surface area (Å²) in [5, 5.41) is 10.7. The van der Waals surface area contributed by atoms with Crippen LogP contribution in [0.5, 0.6) is 11.5 Å². The molecule has 158 valence electrons. The number of hydrogen-bond donors (Lipinski definition) is 2. The normalized spacial score (nSPS) is 19.2. The first-order valence-electron chi connectivity index (χ1n) is 10.0. The third kappa shape index (κ3) is 2.65. The van der Waals surface area contributed by atoms with Crippen molar-refractivity contribution >= 4 is 44.4 Å². The number of benzene rings is 1. The molecule has 1 aliphatic heterocycles. The molecule has 3 heterocycles. The van der Waals surface area contributed by atoms with Gasteiger partial charge in [-0.2, -0.15) is 0 Å². The van der Waals surface area contributed by atoms with Gasteiger partial charge < -0.3 is 25.0 Å². The van der Waals surface area contributed by atoms with Crippen molar-refractivity contribution in [3.63, 3.8) is 0 Å². The maximum Gasteiger partial charge on any atom is 0.202 e. The molecule has 1 saturated heterocycles. The van der Waals surface area contributed by atoms with Gasteiger partial charge in [-0.1, -0.05) is 0 Å². The summed E-state index contributed by atoms with van der Waals surface area (Å²) in [6, 6.07) is 1.34. The number of thiophene rings is 1. The highest BCUT2D eigenvalue weighted by molar-refractivity contribution is 7.20. The van der Waals surface area contributed by atoms with Crippen molar-refractivity contribution in [2.45, 2.75) is 25.3 Å². The zero-order valence-electron chi connectivity index (χ0n) is 16.5. The second-order valence-electron chi connectivity index (χ2n) is 8.02. The fourth-order valence-corrected chi connectivity index (χ4v) is 5.62. The molecule has 9 heteroatoms. The number of aromatic nitrogens is 1. The highest BCUT2D eigenvalue weighted by atomic mass is 32.1. The van der Waals surface area contributed by atoms with Crippen LogP contribution in [0.15, 0.2) is 10.9 Å². The first kappa shape index (κ1) is 19.3. The van der Waals surface area contributed by atoms with Gasteiger partial charge in [0.1, 0.15) is 26.5 Å². The molecule has 0 radical (unpaired) electrons. The van der Waals surface area contributed by atoms with Crippen molar-refractivity contribution in [2.24, 2.45) is 11.7 Å². The lowest BCUT2D eigenvalue weighted by Gasteiger charge is -2.24. The van der Waals surface area contributed by atoms with Gasteiger partial charge in [-0.25, -0.2) is 4.39 Å². The monoisotopic (exact) mass is 431 g/mol. The maximum absolute atomic E-state index is 15.3. The Bertz CT molecular complexity index is 1250. The van der Waals surface area contributed by atoms with E-state index >= 15 is 4.39 Å².